The largest absolute Gasteiger partial charge is 0.466 e. The zero-order valence-electron chi connectivity index (χ0n) is 13.6. The van der Waals surface area contributed by atoms with Gasteiger partial charge in [-0.25, -0.2) is 9.36 Å². The minimum atomic E-state index is -0.568. The van der Waals surface area contributed by atoms with Crippen molar-refractivity contribution in [3.05, 3.63) is 22.7 Å². The molecule has 0 radical (unpaired) electrons. The number of nitrogens with zero attached hydrogens (tertiary/aromatic N) is 1. The Balaban J connectivity index is 2.39. The molecule has 0 spiro atoms. The summed E-state index contributed by atoms with van der Waals surface area (Å²) in [6.45, 7) is 9.56. The summed E-state index contributed by atoms with van der Waals surface area (Å²) in [6.07, 6.45) is 1.39. The third kappa shape index (κ3) is 3.68. The zero-order valence-corrected chi connectivity index (χ0v) is 14.4. The number of fused-ring (bicyclic) bond motifs is 1. The van der Waals surface area contributed by atoms with Crippen molar-refractivity contribution in [1.82, 2.24) is 4.57 Å². The Labute approximate surface area is 133 Å². The number of hydrogen-bond acceptors (Lipinski definition) is 5. The molecule has 5 nitrogen and oxygen atoms in total. The van der Waals surface area contributed by atoms with Crippen molar-refractivity contribution in [2.75, 3.05) is 6.61 Å². The molecule has 0 atom stereocenters. The standard InChI is InChI=1S/C16H21NO4S/c1-6-20-13(18)8-11-9-17(15(19)21-16(3,4)5)14-12(11)7-10(2)22-14/h7,9H,6,8H2,1-5H3. The number of carbonyl (C=O) groups is 2. The predicted molar refractivity (Wildman–Crippen MR) is 86.5 cm³/mol. The lowest BCUT2D eigenvalue weighted by Gasteiger charge is -2.19. The number of esters is 1. The number of carbonyl (C=O) groups excluding carboxylic acids is 2. The third-order valence-corrected chi connectivity index (χ3v) is 3.97. The predicted octanol–water partition coefficient (Wildman–Crippen LogP) is 3.90. The van der Waals surface area contributed by atoms with E-state index in [0.717, 1.165) is 20.7 Å². The van der Waals surface area contributed by atoms with E-state index in [1.807, 2.05) is 33.8 Å². The van der Waals surface area contributed by atoms with Crippen molar-refractivity contribution >= 4 is 33.6 Å². The van der Waals surface area contributed by atoms with Gasteiger partial charge in [0.15, 0.2) is 0 Å². The van der Waals surface area contributed by atoms with Gasteiger partial charge in [-0.3, -0.25) is 4.79 Å². The fraction of sp³-hybridized carbons (Fsp3) is 0.500. The van der Waals surface area contributed by atoms with E-state index >= 15 is 0 Å². The van der Waals surface area contributed by atoms with Crippen LogP contribution in [0.2, 0.25) is 0 Å². The normalized spacial score (nSPS) is 11.7. The summed E-state index contributed by atoms with van der Waals surface area (Å²) in [6, 6.07) is 1.98. The van der Waals surface area contributed by atoms with Gasteiger partial charge in [-0.2, -0.15) is 0 Å². The summed E-state index contributed by atoms with van der Waals surface area (Å²) in [5.74, 6) is -0.297. The molecule has 0 aliphatic heterocycles. The van der Waals surface area contributed by atoms with Crippen LogP contribution in [0.4, 0.5) is 4.79 Å². The Morgan fingerprint density at radius 1 is 1.32 bits per heavy atom. The van der Waals surface area contributed by atoms with Crippen LogP contribution in [0, 0.1) is 6.92 Å². The number of ether oxygens (including phenoxy) is 2. The lowest BCUT2D eigenvalue weighted by molar-refractivity contribution is -0.142. The van der Waals surface area contributed by atoms with Gasteiger partial charge >= 0.3 is 12.1 Å². The van der Waals surface area contributed by atoms with Crippen LogP contribution in [-0.4, -0.2) is 28.8 Å². The van der Waals surface area contributed by atoms with Gasteiger partial charge < -0.3 is 9.47 Å². The molecule has 0 unspecified atom stereocenters. The molecule has 0 N–H and O–H groups in total. The Kier molecular flexibility index (Phi) is 4.60. The Hall–Kier alpha value is -1.82. The van der Waals surface area contributed by atoms with Crippen LogP contribution in [0.15, 0.2) is 12.3 Å². The van der Waals surface area contributed by atoms with Crippen molar-refractivity contribution in [3.63, 3.8) is 0 Å². The monoisotopic (exact) mass is 323 g/mol. The minimum Gasteiger partial charge on any atom is -0.466 e. The number of hydrogen-bond donors (Lipinski definition) is 0. The fourth-order valence-corrected chi connectivity index (χ4v) is 3.16. The average molecular weight is 323 g/mol. The molecule has 0 saturated carbocycles. The molecule has 6 heteroatoms. The van der Waals surface area contributed by atoms with Gasteiger partial charge in [0.25, 0.3) is 0 Å². The fourth-order valence-electron chi connectivity index (χ4n) is 2.15. The van der Waals surface area contributed by atoms with Gasteiger partial charge in [0.1, 0.15) is 10.4 Å². The summed E-state index contributed by atoms with van der Waals surface area (Å²) in [5, 5.41) is 0.904. The second-order valence-corrected chi connectivity index (χ2v) is 7.30. The Bertz CT molecular complexity index is 706. The third-order valence-electron chi connectivity index (χ3n) is 2.92. The number of thiophene rings is 1. The quantitative estimate of drug-likeness (QED) is 0.804. The lowest BCUT2D eigenvalue weighted by Crippen LogP contribution is -2.26. The lowest BCUT2D eigenvalue weighted by atomic mass is 10.2. The molecule has 0 saturated heterocycles. The molecular weight excluding hydrogens is 302 g/mol. The number of rotatable bonds is 3. The maximum atomic E-state index is 12.3. The first-order chi connectivity index (χ1) is 10.2. The molecule has 0 aromatic carbocycles. The first-order valence-corrected chi connectivity index (χ1v) is 8.02. The topological polar surface area (TPSA) is 57.5 Å². The summed E-state index contributed by atoms with van der Waals surface area (Å²) >= 11 is 1.50. The smallest absolute Gasteiger partial charge is 0.419 e. The molecule has 2 rings (SSSR count). The summed E-state index contributed by atoms with van der Waals surface area (Å²) < 4.78 is 11.9. The van der Waals surface area contributed by atoms with Crippen molar-refractivity contribution in [2.24, 2.45) is 0 Å². The van der Waals surface area contributed by atoms with Crippen molar-refractivity contribution in [3.8, 4) is 0 Å². The van der Waals surface area contributed by atoms with Gasteiger partial charge in [0.05, 0.1) is 13.0 Å². The van der Waals surface area contributed by atoms with E-state index in [1.54, 1.807) is 13.1 Å². The molecule has 2 aromatic heterocycles. The van der Waals surface area contributed by atoms with Crippen LogP contribution in [0.5, 0.6) is 0 Å². The van der Waals surface area contributed by atoms with Gasteiger partial charge in [-0.05, 0) is 46.2 Å². The number of aryl methyl sites for hydroxylation is 1. The van der Waals surface area contributed by atoms with Crippen molar-refractivity contribution < 1.29 is 19.1 Å². The minimum absolute atomic E-state index is 0.149. The molecule has 120 valence electrons. The SMILES string of the molecule is CCOC(=O)Cc1cn(C(=O)OC(C)(C)C)c2sc(C)cc12. The van der Waals surface area contributed by atoms with E-state index in [2.05, 4.69) is 0 Å². The van der Waals surface area contributed by atoms with Crippen molar-refractivity contribution in [2.45, 2.75) is 46.6 Å². The Morgan fingerprint density at radius 3 is 2.59 bits per heavy atom. The molecule has 2 aromatic rings. The van der Waals surface area contributed by atoms with Gasteiger partial charge in [0.2, 0.25) is 0 Å². The second kappa shape index (κ2) is 6.12. The average Bonchev–Trinajstić information content (AvgIpc) is 2.86. The van der Waals surface area contributed by atoms with E-state index in [9.17, 15) is 9.59 Å². The molecule has 0 amide bonds. The van der Waals surface area contributed by atoms with Crippen LogP contribution in [-0.2, 0) is 20.7 Å². The zero-order chi connectivity index (χ0) is 16.5. The van der Waals surface area contributed by atoms with E-state index < -0.39 is 11.7 Å². The van der Waals surface area contributed by atoms with Crippen LogP contribution >= 0.6 is 11.3 Å². The highest BCUT2D eigenvalue weighted by molar-refractivity contribution is 7.18. The molecule has 2 heterocycles. The van der Waals surface area contributed by atoms with E-state index in [1.165, 1.54) is 15.9 Å². The van der Waals surface area contributed by atoms with Crippen LogP contribution < -0.4 is 0 Å². The molecule has 0 aliphatic rings. The molecule has 0 aliphatic carbocycles. The molecule has 0 fully saturated rings. The molecule has 0 bridgehead atoms. The highest BCUT2D eigenvalue weighted by Crippen LogP contribution is 2.31. The first-order valence-electron chi connectivity index (χ1n) is 7.20. The summed E-state index contributed by atoms with van der Waals surface area (Å²) in [4.78, 5) is 25.9. The molecule has 22 heavy (non-hydrogen) atoms. The van der Waals surface area contributed by atoms with E-state index in [-0.39, 0.29) is 12.4 Å². The first kappa shape index (κ1) is 16.5. The maximum absolute atomic E-state index is 12.3. The van der Waals surface area contributed by atoms with Gasteiger partial charge in [-0.15, -0.1) is 11.3 Å². The summed E-state index contributed by atoms with van der Waals surface area (Å²) in [7, 11) is 0. The highest BCUT2D eigenvalue weighted by Gasteiger charge is 2.22. The van der Waals surface area contributed by atoms with Crippen LogP contribution in [0.25, 0.3) is 10.2 Å². The molecular formula is C16H21NO4S. The maximum Gasteiger partial charge on any atom is 0.419 e. The van der Waals surface area contributed by atoms with Crippen LogP contribution in [0.1, 0.15) is 38.1 Å². The highest BCUT2D eigenvalue weighted by atomic mass is 32.1. The Morgan fingerprint density at radius 2 is 2.00 bits per heavy atom. The van der Waals surface area contributed by atoms with E-state index in [0.29, 0.717) is 6.61 Å². The van der Waals surface area contributed by atoms with Gasteiger partial charge in [-0.1, -0.05) is 0 Å². The van der Waals surface area contributed by atoms with Crippen LogP contribution in [0.3, 0.4) is 0 Å². The van der Waals surface area contributed by atoms with Gasteiger partial charge in [0, 0.05) is 16.5 Å². The number of aromatic nitrogens is 1. The summed E-state index contributed by atoms with van der Waals surface area (Å²) in [5.41, 5.74) is 0.213. The van der Waals surface area contributed by atoms with Crippen molar-refractivity contribution in [1.29, 1.82) is 0 Å². The second-order valence-electron chi connectivity index (χ2n) is 6.06. The van der Waals surface area contributed by atoms with E-state index in [4.69, 9.17) is 9.47 Å².